The Labute approximate surface area is 92.8 Å². The Morgan fingerprint density at radius 2 is 2.29 bits per heavy atom. The summed E-state index contributed by atoms with van der Waals surface area (Å²) in [6.07, 6.45) is 0. The van der Waals surface area contributed by atoms with E-state index in [-0.39, 0.29) is 5.69 Å². The molecule has 0 aliphatic rings. The molecule has 0 fully saturated rings. The normalized spacial score (nSPS) is 10.7. The highest BCUT2D eigenvalue weighted by Crippen LogP contribution is 2.28. The number of rotatable bonds is 1. The summed E-state index contributed by atoms with van der Waals surface area (Å²) in [6.45, 7) is 1.91. The maximum absolute atomic E-state index is 10.7. The number of nitro groups is 1. The molecule has 0 bridgehead atoms. The fraction of sp³-hybridized carbons (Fsp3) is 0.125. The lowest BCUT2D eigenvalue weighted by molar-refractivity contribution is -0.383. The van der Waals surface area contributed by atoms with Crippen molar-refractivity contribution in [1.29, 1.82) is 0 Å². The number of H-pyrrole nitrogens is 1. The summed E-state index contributed by atoms with van der Waals surface area (Å²) in [5.74, 6) is 0. The van der Waals surface area contributed by atoms with E-state index < -0.39 is 4.92 Å². The lowest BCUT2D eigenvalue weighted by Gasteiger charge is -1.96. The number of benzene rings is 1. The molecule has 72 valence electrons. The second-order valence-corrected chi connectivity index (χ2v) is 4.00. The average Bonchev–Trinajstić information content (AvgIpc) is 2.49. The summed E-state index contributed by atoms with van der Waals surface area (Å²) < 4.78 is 0.832. The van der Waals surface area contributed by atoms with Crippen LogP contribution >= 0.6 is 22.6 Å². The smallest absolute Gasteiger partial charge is 0.271 e. The van der Waals surface area contributed by atoms with Crippen molar-refractivity contribution in [2.45, 2.75) is 6.92 Å². The van der Waals surface area contributed by atoms with Crippen LogP contribution in [0.4, 0.5) is 5.69 Å². The van der Waals surface area contributed by atoms with Gasteiger partial charge in [-0.1, -0.05) is 6.07 Å². The molecule has 0 unspecified atom stereocenters. The number of fused-ring (bicyclic) bond motifs is 1. The molecule has 6 heteroatoms. The van der Waals surface area contributed by atoms with Crippen molar-refractivity contribution in [3.63, 3.8) is 0 Å². The first-order valence-electron chi connectivity index (χ1n) is 3.89. The van der Waals surface area contributed by atoms with Gasteiger partial charge in [-0.15, -0.1) is 0 Å². The maximum Gasteiger partial charge on any atom is 0.297 e. The molecule has 0 amide bonds. The number of aromatic amines is 1. The van der Waals surface area contributed by atoms with Crippen molar-refractivity contribution in [2.24, 2.45) is 0 Å². The summed E-state index contributed by atoms with van der Waals surface area (Å²) in [7, 11) is 0. The van der Waals surface area contributed by atoms with Crippen LogP contribution in [0.5, 0.6) is 0 Å². The highest BCUT2D eigenvalue weighted by molar-refractivity contribution is 14.1. The first-order valence-corrected chi connectivity index (χ1v) is 4.96. The molecule has 1 aromatic carbocycles. The summed E-state index contributed by atoms with van der Waals surface area (Å²) in [5, 5.41) is 18.2. The van der Waals surface area contributed by atoms with Crippen LogP contribution in [0.3, 0.4) is 0 Å². The number of aromatic nitrogens is 2. The van der Waals surface area contributed by atoms with Crippen molar-refractivity contribution in [2.75, 3.05) is 0 Å². The average molecular weight is 303 g/mol. The first-order chi connectivity index (χ1) is 6.61. The Hall–Kier alpha value is -1.18. The van der Waals surface area contributed by atoms with E-state index in [1.165, 1.54) is 6.07 Å². The molecule has 0 saturated carbocycles. The van der Waals surface area contributed by atoms with Gasteiger partial charge in [0.2, 0.25) is 0 Å². The van der Waals surface area contributed by atoms with Crippen LogP contribution in [0.2, 0.25) is 0 Å². The van der Waals surface area contributed by atoms with Gasteiger partial charge in [-0.25, -0.2) is 0 Å². The third kappa shape index (κ3) is 1.26. The number of nitrogens with zero attached hydrogens (tertiary/aromatic N) is 2. The second-order valence-electron chi connectivity index (χ2n) is 2.92. The van der Waals surface area contributed by atoms with E-state index in [9.17, 15) is 10.1 Å². The zero-order chi connectivity index (χ0) is 10.3. The maximum atomic E-state index is 10.7. The van der Waals surface area contributed by atoms with E-state index in [1.54, 1.807) is 6.07 Å². The van der Waals surface area contributed by atoms with Gasteiger partial charge in [-0.3, -0.25) is 15.2 Å². The third-order valence-corrected chi connectivity index (χ3v) is 2.83. The van der Waals surface area contributed by atoms with Crippen LogP contribution in [-0.4, -0.2) is 15.1 Å². The van der Waals surface area contributed by atoms with Crippen LogP contribution in [0.15, 0.2) is 12.1 Å². The van der Waals surface area contributed by atoms with Crippen molar-refractivity contribution >= 4 is 39.2 Å². The number of hydrogen-bond donors (Lipinski definition) is 1. The van der Waals surface area contributed by atoms with E-state index in [2.05, 4.69) is 32.8 Å². The Balaban J connectivity index is 2.90. The van der Waals surface area contributed by atoms with Gasteiger partial charge in [0.05, 0.1) is 4.92 Å². The number of nitrogens with one attached hydrogen (secondary N) is 1. The Bertz CT molecular complexity index is 521. The van der Waals surface area contributed by atoms with E-state index in [0.29, 0.717) is 5.52 Å². The van der Waals surface area contributed by atoms with Gasteiger partial charge >= 0.3 is 0 Å². The SMILES string of the molecule is Cc1ccc([N+](=O)[O-])c2n[nH]c(I)c12. The monoisotopic (exact) mass is 303 g/mol. The van der Waals surface area contributed by atoms with Gasteiger partial charge in [0.1, 0.15) is 3.70 Å². The zero-order valence-corrected chi connectivity index (χ0v) is 9.40. The third-order valence-electron chi connectivity index (χ3n) is 2.05. The van der Waals surface area contributed by atoms with Crippen molar-refractivity contribution in [3.8, 4) is 0 Å². The molecule has 1 N–H and O–H groups in total. The molecule has 2 aromatic rings. The van der Waals surface area contributed by atoms with Gasteiger partial charge in [0.25, 0.3) is 5.69 Å². The topological polar surface area (TPSA) is 71.8 Å². The Morgan fingerprint density at radius 1 is 1.57 bits per heavy atom. The Morgan fingerprint density at radius 3 is 2.93 bits per heavy atom. The fourth-order valence-corrected chi connectivity index (χ4v) is 2.18. The molecule has 0 aliphatic carbocycles. The first kappa shape index (κ1) is 9.38. The second kappa shape index (κ2) is 3.19. The summed E-state index contributed by atoms with van der Waals surface area (Å²) in [4.78, 5) is 10.3. The highest BCUT2D eigenvalue weighted by atomic mass is 127. The van der Waals surface area contributed by atoms with E-state index in [0.717, 1.165) is 14.7 Å². The molecule has 0 spiro atoms. The number of nitro benzene ring substituents is 1. The van der Waals surface area contributed by atoms with E-state index >= 15 is 0 Å². The molecule has 0 atom stereocenters. The van der Waals surface area contributed by atoms with E-state index in [4.69, 9.17) is 0 Å². The molecular formula is C8H6IN3O2. The van der Waals surface area contributed by atoms with Crippen LogP contribution in [0, 0.1) is 20.7 Å². The van der Waals surface area contributed by atoms with Crippen LogP contribution in [-0.2, 0) is 0 Å². The molecule has 2 rings (SSSR count). The van der Waals surface area contributed by atoms with Gasteiger partial charge in [0.15, 0.2) is 5.52 Å². The van der Waals surface area contributed by atoms with Crippen LogP contribution < -0.4 is 0 Å². The minimum atomic E-state index is -0.418. The predicted molar refractivity (Wildman–Crippen MR) is 60.2 cm³/mol. The standard InChI is InChI=1S/C8H6IN3O2/c1-4-2-3-5(12(13)14)7-6(4)8(9)11-10-7/h2-3H,1H3,(H,10,11). The van der Waals surface area contributed by atoms with Crippen molar-refractivity contribution in [3.05, 3.63) is 31.5 Å². The molecule has 1 heterocycles. The summed E-state index contributed by atoms with van der Waals surface area (Å²) in [5.41, 5.74) is 1.47. The molecule has 0 saturated heterocycles. The van der Waals surface area contributed by atoms with Crippen LogP contribution in [0.1, 0.15) is 5.56 Å². The lowest BCUT2D eigenvalue weighted by atomic mass is 10.1. The minimum absolute atomic E-state index is 0.0461. The van der Waals surface area contributed by atoms with Crippen molar-refractivity contribution < 1.29 is 4.92 Å². The molecule has 5 nitrogen and oxygen atoms in total. The van der Waals surface area contributed by atoms with Crippen molar-refractivity contribution in [1.82, 2.24) is 10.2 Å². The zero-order valence-electron chi connectivity index (χ0n) is 7.24. The van der Waals surface area contributed by atoms with Crippen LogP contribution in [0.25, 0.3) is 10.9 Å². The van der Waals surface area contributed by atoms with E-state index in [1.807, 2.05) is 6.92 Å². The number of hydrogen-bond acceptors (Lipinski definition) is 3. The van der Waals surface area contributed by atoms with Gasteiger partial charge < -0.3 is 0 Å². The van der Waals surface area contributed by atoms with Gasteiger partial charge in [-0.2, -0.15) is 5.10 Å². The summed E-state index contributed by atoms with van der Waals surface area (Å²) in [6, 6.07) is 3.22. The molecular weight excluding hydrogens is 297 g/mol. The quantitative estimate of drug-likeness (QED) is 0.499. The lowest BCUT2D eigenvalue weighted by Crippen LogP contribution is -1.90. The highest BCUT2D eigenvalue weighted by Gasteiger charge is 2.17. The molecule has 0 aliphatic heterocycles. The minimum Gasteiger partial charge on any atom is -0.271 e. The number of non-ortho nitro benzene ring substituents is 1. The largest absolute Gasteiger partial charge is 0.297 e. The predicted octanol–water partition coefficient (Wildman–Crippen LogP) is 2.38. The molecule has 1 aromatic heterocycles. The van der Waals surface area contributed by atoms with Gasteiger partial charge in [-0.05, 0) is 35.1 Å². The summed E-state index contributed by atoms with van der Waals surface area (Å²) >= 11 is 2.08. The Kier molecular flexibility index (Phi) is 2.14. The molecule has 14 heavy (non-hydrogen) atoms. The van der Waals surface area contributed by atoms with Gasteiger partial charge in [0, 0.05) is 11.5 Å². The number of aryl methyl sites for hydroxylation is 1. The number of halogens is 1. The fourth-order valence-electron chi connectivity index (χ4n) is 1.38. The molecule has 0 radical (unpaired) electrons.